The van der Waals surface area contributed by atoms with Crippen LogP contribution in [0.15, 0.2) is 0 Å². The molecule has 12 heavy (non-hydrogen) atoms. The molecule has 0 unspecified atom stereocenters. The zero-order chi connectivity index (χ0) is 8.72. The number of likely N-dealkylation sites (N-methyl/N-ethyl adjacent to an activating group) is 1. The molecule has 0 N–H and O–H groups in total. The minimum absolute atomic E-state index is 0.385. The van der Waals surface area contributed by atoms with E-state index in [0.29, 0.717) is 12.1 Å². The molecule has 2 rings (SSSR count). The summed E-state index contributed by atoms with van der Waals surface area (Å²) in [7, 11) is 2.24. The highest BCUT2D eigenvalue weighted by Gasteiger charge is 2.49. The lowest BCUT2D eigenvalue weighted by atomic mass is 10.2. The van der Waals surface area contributed by atoms with Crippen LogP contribution in [0, 0.1) is 5.92 Å². The Bertz CT molecular complexity index is 169. The third-order valence-electron chi connectivity index (χ3n) is 3.18. The average Bonchev–Trinajstić information content (AvgIpc) is 2.70. The van der Waals surface area contributed by atoms with E-state index in [9.17, 15) is 0 Å². The molecule has 0 amide bonds. The molecule has 0 radical (unpaired) electrons. The van der Waals surface area contributed by atoms with Crippen LogP contribution in [0.5, 0.6) is 0 Å². The van der Waals surface area contributed by atoms with Crippen LogP contribution in [-0.4, -0.2) is 36.7 Å². The van der Waals surface area contributed by atoms with Gasteiger partial charge in [0.25, 0.3) is 0 Å². The van der Waals surface area contributed by atoms with Crippen molar-refractivity contribution in [3.63, 3.8) is 0 Å². The summed E-state index contributed by atoms with van der Waals surface area (Å²) in [4.78, 5) is 2.51. The van der Waals surface area contributed by atoms with Gasteiger partial charge in [0.1, 0.15) is 0 Å². The number of rotatable bonds is 3. The Labute approximate surface area is 74.9 Å². The first-order chi connectivity index (χ1) is 5.68. The summed E-state index contributed by atoms with van der Waals surface area (Å²) in [5, 5.41) is 0. The summed E-state index contributed by atoms with van der Waals surface area (Å²) in [6.07, 6.45) is 3.19. The Balaban J connectivity index is 1.75. The van der Waals surface area contributed by atoms with E-state index in [1.165, 1.54) is 12.8 Å². The maximum atomic E-state index is 5.62. The van der Waals surface area contributed by atoms with Crippen LogP contribution in [0.3, 0.4) is 0 Å². The van der Waals surface area contributed by atoms with Gasteiger partial charge in [0, 0.05) is 12.1 Å². The number of likely N-dealkylation sites (tertiary alicyclic amines) is 1. The van der Waals surface area contributed by atoms with Gasteiger partial charge in [-0.15, -0.1) is 0 Å². The molecular weight excluding hydrogens is 150 g/mol. The minimum atomic E-state index is 0.385. The molecule has 70 valence electrons. The number of fused-ring (bicyclic) bond motifs is 1. The monoisotopic (exact) mass is 169 g/mol. The number of nitrogens with zero attached hydrogens (tertiary/aromatic N) is 1. The fourth-order valence-corrected chi connectivity index (χ4v) is 2.26. The van der Waals surface area contributed by atoms with Crippen molar-refractivity contribution in [1.29, 1.82) is 0 Å². The Morgan fingerprint density at radius 2 is 2.17 bits per heavy atom. The van der Waals surface area contributed by atoms with Crippen molar-refractivity contribution in [1.82, 2.24) is 4.90 Å². The van der Waals surface area contributed by atoms with Crippen LogP contribution in [0.4, 0.5) is 0 Å². The van der Waals surface area contributed by atoms with E-state index in [0.717, 1.165) is 18.6 Å². The standard InChI is InChI=1S/C10H19NO/c1-7(2)12-6-9-4-8-5-10(8)11(9)3/h7-10H,4-6H2,1-3H3/t8-,9+,10+/m1/s1. The zero-order valence-electron chi connectivity index (χ0n) is 8.29. The van der Waals surface area contributed by atoms with E-state index in [4.69, 9.17) is 4.74 Å². The van der Waals surface area contributed by atoms with Crippen molar-refractivity contribution in [3.8, 4) is 0 Å². The van der Waals surface area contributed by atoms with Crippen LogP contribution in [0.1, 0.15) is 26.7 Å². The van der Waals surface area contributed by atoms with E-state index >= 15 is 0 Å². The van der Waals surface area contributed by atoms with Crippen LogP contribution >= 0.6 is 0 Å². The summed E-state index contributed by atoms with van der Waals surface area (Å²) >= 11 is 0. The second-order valence-electron chi connectivity index (χ2n) is 4.50. The highest BCUT2D eigenvalue weighted by atomic mass is 16.5. The van der Waals surface area contributed by atoms with E-state index < -0.39 is 0 Å². The molecule has 2 aliphatic rings. The molecule has 2 nitrogen and oxygen atoms in total. The van der Waals surface area contributed by atoms with Gasteiger partial charge in [-0.25, -0.2) is 0 Å². The largest absolute Gasteiger partial charge is 0.377 e. The predicted octanol–water partition coefficient (Wildman–Crippen LogP) is 1.50. The van der Waals surface area contributed by atoms with Crippen LogP contribution in [-0.2, 0) is 4.74 Å². The Morgan fingerprint density at radius 1 is 1.42 bits per heavy atom. The number of hydrogen-bond acceptors (Lipinski definition) is 2. The number of ether oxygens (including phenoxy) is 1. The van der Waals surface area contributed by atoms with Gasteiger partial charge >= 0.3 is 0 Å². The molecule has 0 bridgehead atoms. The van der Waals surface area contributed by atoms with E-state index in [2.05, 4.69) is 25.8 Å². The highest BCUT2D eigenvalue weighted by Crippen LogP contribution is 2.46. The van der Waals surface area contributed by atoms with Gasteiger partial charge in [0.15, 0.2) is 0 Å². The normalized spacial score (nSPS) is 40.5. The second kappa shape index (κ2) is 3.00. The lowest BCUT2D eigenvalue weighted by Crippen LogP contribution is -2.33. The highest BCUT2D eigenvalue weighted by molar-refractivity contribution is 5.04. The third-order valence-corrected chi connectivity index (χ3v) is 3.18. The summed E-state index contributed by atoms with van der Waals surface area (Å²) < 4.78 is 5.62. The van der Waals surface area contributed by atoms with E-state index in [1.54, 1.807) is 0 Å². The van der Waals surface area contributed by atoms with Crippen LogP contribution < -0.4 is 0 Å². The second-order valence-corrected chi connectivity index (χ2v) is 4.50. The smallest absolute Gasteiger partial charge is 0.0625 e. The molecule has 2 heteroatoms. The van der Waals surface area contributed by atoms with Gasteiger partial charge in [0.2, 0.25) is 0 Å². The molecule has 3 atom stereocenters. The number of hydrogen-bond donors (Lipinski definition) is 0. The maximum absolute atomic E-state index is 5.62. The average molecular weight is 169 g/mol. The van der Waals surface area contributed by atoms with Crippen molar-refractivity contribution in [2.24, 2.45) is 5.92 Å². The predicted molar refractivity (Wildman–Crippen MR) is 49.2 cm³/mol. The minimum Gasteiger partial charge on any atom is -0.377 e. The van der Waals surface area contributed by atoms with Crippen LogP contribution in [0.25, 0.3) is 0 Å². The summed E-state index contributed by atoms with van der Waals surface area (Å²) in [5.74, 6) is 1.01. The Hall–Kier alpha value is -0.0800. The van der Waals surface area contributed by atoms with Gasteiger partial charge in [0.05, 0.1) is 12.7 Å². The third kappa shape index (κ3) is 1.50. The van der Waals surface area contributed by atoms with Crippen molar-refractivity contribution in [3.05, 3.63) is 0 Å². The lowest BCUT2D eigenvalue weighted by Gasteiger charge is -2.23. The fourth-order valence-electron chi connectivity index (χ4n) is 2.26. The Kier molecular flexibility index (Phi) is 2.13. The molecular formula is C10H19NO. The van der Waals surface area contributed by atoms with E-state index in [1.807, 2.05) is 0 Å². The summed E-state index contributed by atoms with van der Waals surface area (Å²) in [5.41, 5.74) is 0. The molecule has 1 aliphatic heterocycles. The first-order valence-corrected chi connectivity index (χ1v) is 5.02. The van der Waals surface area contributed by atoms with Crippen molar-refractivity contribution < 1.29 is 4.74 Å². The lowest BCUT2D eigenvalue weighted by molar-refractivity contribution is 0.0371. The van der Waals surface area contributed by atoms with Crippen LogP contribution in [0.2, 0.25) is 0 Å². The molecule has 1 heterocycles. The topological polar surface area (TPSA) is 12.5 Å². The molecule has 1 saturated heterocycles. The summed E-state index contributed by atoms with van der Waals surface area (Å²) in [6.45, 7) is 5.15. The maximum Gasteiger partial charge on any atom is 0.0625 e. The molecule has 2 fully saturated rings. The molecule has 0 aromatic carbocycles. The van der Waals surface area contributed by atoms with Gasteiger partial charge in [-0.3, -0.25) is 4.90 Å². The Morgan fingerprint density at radius 3 is 2.67 bits per heavy atom. The quantitative estimate of drug-likeness (QED) is 0.635. The zero-order valence-corrected chi connectivity index (χ0v) is 8.29. The SMILES string of the molecule is CC(C)OC[C@@H]1C[C@@H]2C[C@@H]2N1C. The van der Waals surface area contributed by atoms with Crippen molar-refractivity contribution in [2.45, 2.75) is 44.9 Å². The van der Waals surface area contributed by atoms with Crippen molar-refractivity contribution in [2.75, 3.05) is 13.7 Å². The fraction of sp³-hybridized carbons (Fsp3) is 1.00. The molecule has 1 aliphatic carbocycles. The van der Waals surface area contributed by atoms with Gasteiger partial charge in [-0.2, -0.15) is 0 Å². The molecule has 0 spiro atoms. The van der Waals surface area contributed by atoms with Gasteiger partial charge in [-0.05, 0) is 39.7 Å². The number of piperidine rings is 1. The summed E-state index contributed by atoms with van der Waals surface area (Å²) in [6, 6.07) is 1.61. The van der Waals surface area contributed by atoms with E-state index in [-0.39, 0.29) is 0 Å². The first-order valence-electron chi connectivity index (χ1n) is 5.02. The van der Waals surface area contributed by atoms with Crippen molar-refractivity contribution >= 4 is 0 Å². The molecule has 1 saturated carbocycles. The van der Waals surface area contributed by atoms with Gasteiger partial charge in [-0.1, -0.05) is 0 Å². The first kappa shape index (κ1) is 8.52. The van der Waals surface area contributed by atoms with Gasteiger partial charge < -0.3 is 4.74 Å². The molecule has 0 aromatic heterocycles. The molecule has 0 aromatic rings.